The average Bonchev–Trinajstić information content (AvgIpc) is 2.66. The summed E-state index contributed by atoms with van der Waals surface area (Å²) in [5, 5.41) is 0. The lowest BCUT2D eigenvalue weighted by Crippen LogP contribution is -2.09. The van der Waals surface area contributed by atoms with Crippen LogP contribution in [-0.2, 0) is 0 Å². The van der Waals surface area contributed by atoms with E-state index in [0.29, 0.717) is 21.6 Å². The zero-order valence-corrected chi connectivity index (χ0v) is 10.0. The van der Waals surface area contributed by atoms with Crippen molar-refractivity contribution in [1.29, 1.82) is 0 Å². The lowest BCUT2D eigenvalue weighted by molar-refractivity contribution is 0.0982. The number of ketones is 1. The van der Waals surface area contributed by atoms with E-state index in [1.54, 1.807) is 6.07 Å². The maximum atomic E-state index is 11.8. The van der Waals surface area contributed by atoms with E-state index in [2.05, 4.69) is 0 Å². The van der Waals surface area contributed by atoms with Gasteiger partial charge in [0.15, 0.2) is 11.4 Å². The van der Waals surface area contributed by atoms with E-state index in [9.17, 15) is 9.59 Å². The summed E-state index contributed by atoms with van der Waals surface area (Å²) in [6, 6.07) is 3.17. The van der Waals surface area contributed by atoms with Crippen LogP contribution in [0.1, 0.15) is 16.8 Å². The van der Waals surface area contributed by atoms with Crippen LogP contribution in [0.25, 0.3) is 10.3 Å². The summed E-state index contributed by atoms with van der Waals surface area (Å²) in [6.07, 6.45) is 0.232. The molecule has 6 heteroatoms. The summed E-state index contributed by atoms with van der Waals surface area (Å²) >= 11 is 0.977. The second-order valence-corrected chi connectivity index (χ2v) is 4.39. The molecule has 0 aliphatic rings. The Morgan fingerprint density at radius 3 is 2.94 bits per heavy atom. The van der Waals surface area contributed by atoms with Gasteiger partial charge in [-0.25, -0.2) is 4.79 Å². The smallest absolute Gasteiger partial charge is 0.396 e. The molecule has 0 aliphatic carbocycles. The maximum absolute atomic E-state index is 11.8. The third kappa shape index (κ3) is 2.22. The van der Waals surface area contributed by atoms with E-state index in [1.807, 2.05) is 0 Å². The zero-order chi connectivity index (χ0) is 12.4. The minimum absolute atomic E-state index is 0.125. The van der Waals surface area contributed by atoms with E-state index in [1.165, 1.54) is 13.2 Å². The lowest BCUT2D eigenvalue weighted by atomic mass is 10.1. The molecule has 0 bridgehead atoms. The fourth-order valence-electron chi connectivity index (χ4n) is 1.55. The van der Waals surface area contributed by atoms with Crippen molar-refractivity contribution in [2.45, 2.75) is 6.42 Å². The minimum Gasteiger partial charge on any atom is -0.496 e. The predicted molar refractivity (Wildman–Crippen MR) is 64.9 cm³/mol. The first-order valence-electron chi connectivity index (χ1n) is 5.00. The van der Waals surface area contributed by atoms with Crippen LogP contribution in [0.2, 0.25) is 0 Å². The molecule has 0 fully saturated rings. The van der Waals surface area contributed by atoms with Crippen LogP contribution in [0.4, 0.5) is 0 Å². The molecule has 2 rings (SSSR count). The first kappa shape index (κ1) is 11.8. The van der Waals surface area contributed by atoms with Gasteiger partial charge in [-0.3, -0.25) is 4.79 Å². The van der Waals surface area contributed by atoms with Crippen LogP contribution >= 0.6 is 11.3 Å². The molecule has 0 atom stereocenters. The Balaban J connectivity index is 2.59. The predicted octanol–water partition coefficient (Wildman–Crippen LogP) is 1.39. The number of hydrogen-bond acceptors (Lipinski definition) is 6. The summed E-state index contributed by atoms with van der Waals surface area (Å²) in [5.41, 5.74) is 6.14. The van der Waals surface area contributed by atoms with Crippen LogP contribution in [0.3, 0.4) is 0 Å². The average molecular weight is 253 g/mol. The summed E-state index contributed by atoms with van der Waals surface area (Å²) in [5.74, 6) is 0.313. The molecule has 0 aliphatic heterocycles. The minimum atomic E-state index is -0.398. The molecule has 0 saturated heterocycles. The van der Waals surface area contributed by atoms with Crippen molar-refractivity contribution in [3.8, 4) is 5.75 Å². The molecule has 0 radical (unpaired) electrons. The van der Waals surface area contributed by atoms with Gasteiger partial charge in [-0.05, 0) is 12.6 Å². The number of ether oxygens (including phenoxy) is 1. The van der Waals surface area contributed by atoms with Gasteiger partial charge in [0, 0.05) is 12.5 Å². The SMILES string of the molecule is COc1cc2sc(=O)oc2cc1C(=O)CCN. The second kappa shape index (κ2) is 4.68. The molecular weight excluding hydrogens is 242 g/mol. The maximum Gasteiger partial charge on any atom is 0.396 e. The molecule has 1 heterocycles. The van der Waals surface area contributed by atoms with Gasteiger partial charge in [-0.15, -0.1) is 0 Å². The molecule has 0 spiro atoms. The standard InChI is InChI=1S/C11H11NO4S/c1-15-8-5-10-9(16-11(14)17-10)4-6(8)7(13)2-3-12/h4-5H,2-3,12H2,1H3. The van der Waals surface area contributed by atoms with Gasteiger partial charge in [0.1, 0.15) is 5.75 Å². The van der Waals surface area contributed by atoms with Crippen LogP contribution < -0.4 is 15.4 Å². The number of hydrogen-bond donors (Lipinski definition) is 1. The molecule has 0 saturated carbocycles. The third-order valence-corrected chi connectivity index (χ3v) is 3.11. The van der Waals surface area contributed by atoms with Crippen LogP contribution in [0, 0.1) is 0 Å². The van der Waals surface area contributed by atoms with Gasteiger partial charge >= 0.3 is 4.94 Å². The number of rotatable bonds is 4. The Morgan fingerprint density at radius 2 is 2.29 bits per heavy atom. The lowest BCUT2D eigenvalue weighted by Gasteiger charge is -2.06. The molecular formula is C11H11NO4S. The van der Waals surface area contributed by atoms with E-state index >= 15 is 0 Å². The topological polar surface area (TPSA) is 82.5 Å². The largest absolute Gasteiger partial charge is 0.496 e. The van der Waals surface area contributed by atoms with E-state index in [0.717, 1.165) is 11.3 Å². The molecule has 1 aromatic carbocycles. The van der Waals surface area contributed by atoms with Crippen molar-refractivity contribution >= 4 is 27.4 Å². The molecule has 5 nitrogen and oxygen atoms in total. The molecule has 2 N–H and O–H groups in total. The number of nitrogens with two attached hydrogens (primary N) is 1. The summed E-state index contributed by atoms with van der Waals surface area (Å²) in [6.45, 7) is 0.271. The summed E-state index contributed by atoms with van der Waals surface area (Å²) in [7, 11) is 1.48. The monoisotopic (exact) mass is 253 g/mol. The highest BCUT2D eigenvalue weighted by molar-refractivity contribution is 7.16. The normalized spacial score (nSPS) is 10.7. The second-order valence-electron chi connectivity index (χ2n) is 3.42. The number of benzene rings is 1. The number of carbonyl (C=O) groups is 1. The Kier molecular flexibility index (Phi) is 3.26. The Labute approximate surface area is 101 Å². The number of fused-ring (bicyclic) bond motifs is 1. The van der Waals surface area contributed by atoms with E-state index in [-0.39, 0.29) is 18.7 Å². The fourth-order valence-corrected chi connectivity index (χ4v) is 2.23. The fraction of sp³-hybridized carbons (Fsp3) is 0.273. The van der Waals surface area contributed by atoms with Crippen molar-refractivity contribution in [3.05, 3.63) is 27.4 Å². The highest BCUT2D eigenvalue weighted by atomic mass is 32.1. The van der Waals surface area contributed by atoms with Gasteiger partial charge < -0.3 is 14.9 Å². The molecule has 17 heavy (non-hydrogen) atoms. The van der Waals surface area contributed by atoms with Gasteiger partial charge in [0.05, 0.1) is 17.4 Å². The van der Waals surface area contributed by atoms with Crippen molar-refractivity contribution in [3.63, 3.8) is 0 Å². The highest BCUT2D eigenvalue weighted by Crippen LogP contribution is 2.28. The molecule has 90 valence electrons. The first-order chi connectivity index (χ1) is 8.15. The molecule has 0 amide bonds. The summed E-state index contributed by atoms with van der Waals surface area (Å²) < 4.78 is 10.8. The van der Waals surface area contributed by atoms with Gasteiger partial charge in [-0.1, -0.05) is 11.3 Å². The van der Waals surface area contributed by atoms with Gasteiger partial charge in [0.25, 0.3) is 0 Å². The van der Waals surface area contributed by atoms with Crippen LogP contribution in [0.5, 0.6) is 5.75 Å². The van der Waals surface area contributed by atoms with Crippen molar-refractivity contribution < 1.29 is 13.9 Å². The quantitative estimate of drug-likeness (QED) is 0.833. The Hall–Kier alpha value is -1.66. The third-order valence-electron chi connectivity index (χ3n) is 2.32. The first-order valence-corrected chi connectivity index (χ1v) is 5.82. The summed E-state index contributed by atoms with van der Waals surface area (Å²) in [4.78, 5) is 22.5. The van der Waals surface area contributed by atoms with Crippen LogP contribution in [-0.4, -0.2) is 19.4 Å². The number of carbonyl (C=O) groups excluding carboxylic acids is 1. The van der Waals surface area contributed by atoms with Gasteiger partial charge in [0.2, 0.25) is 0 Å². The van der Waals surface area contributed by atoms with Crippen molar-refractivity contribution in [2.24, 2.45) is 5.73 Å². The number of Topliss-reactive ketones (excluding diaryl/α,β-unsaturated/α-hetero) is 1. The molecule has 0 unspecified atom stereocenters. The molecule has 1 aromatic heterocycles. The Bertz CT molecular complexity index is 613. The Morgan fingerprint density at radius 1 is 1.53 bits per heavy atom. The highest BCUT2D eigenvalue weighted by Gasteiger charge is 2.15. The number of methoxy groups -OCH3 is 1. The van der Waals surface area contributed by atoms with Gasteiger partial charge in [-0.2, -0.15) is 0 Å². The van der Waals surface area contributed by atoms with Crippen molar-refractivity contribution in [2.75, 3.05) is 13.7 Å². The van der Waals surface area contributed by atoms with Crippen LogP contribution in [0.15, 0.2) is 21.3 Å². The molecule has 2 aromatic rings. The van der Waals surface area contributed by atoms with E-state index < -0.39 is 4.94 Å². The van der Waals surface area contributed by atoms with Crippen molar-refractivity contribution in [1.82, 2.24) is 0 Å². The van der Waals surface area contributed by atoms with E-state index in [4.69, 9.17) is 14.9 Å². The zero-order valence-electron chi connectivity index (χ0n) is 9.19.